The second-order valence-electron chi connectivity index (χ2n) is 5.35. The number of carbonyl (C=O) groups excluding carboxylic acids is 1. The van der Waals surface area contributed by atoms with Crippen LogP contribution in [-0.2, 0) is 11.2 Å². The van der Waals surface area contributed by atoms with Crippen LogP contribution in [0.4, 0.5) is 0 Å². The van der Waals surface area contributed by atoms with Crippen molar-refractivity contribution in [2.45, 2.75) is 38.1 Å². The Bertz CT molecular complexity index is 523. The Morgan fingerprint density at radius 1 is 1.26 bits per heavy atom. The summed E-state index contributed by atoms with van der Waals surface area (Å²) in [7, 11) is 0. The molecule has 0 radical (unpaired) electrons. The van der Waals surface area contributed by atoms with Crippen LogP contribution in [0.25, 0.3) is 0 Å². The van der Waals surface area contributed by atoms with Crippen molar-refractivity contribution in [3.05, 3.63) is 46.0 Å². The highest BCUT2D eigenvalue weighted by Gasteiger charge is 2.33. The molecule has 100 valence electrons. The summed E-state index contributed by atoms with van der Waals surface area (Å²) >= 11 is 3.57. The van der Waals surface area contributed by atoms with Crippen molar-refractivity contribution >= 4 is 21.8 Å². The van der Waals surface area contributed by atoms with Crippen LogP contribution in [0, 0.1) is 0 Å². The highest BCUT2D eigenvalue weighted by molar-refractivity contribution is 9.10. The smallest absolute Gasteiger partial charge is 0.247 e. The van der Waals surface area contributed by atoms with Gasteiger partial charge in [-0.2, -0.15) is 0 Å². The Morgan fingerprint density at radius 3 is 2.95 bits per heavy atom. The van der Waals surface area contributed by atoms with E-state index in [2.05, 4.69) is 39.0 Å². The minimum absolute atomic E-state index is 0.217. The first-order valence-electron chi connectivity index (χ1n) is 7.00. The molecule has 2 aliphatic rings. The van der Waals surface area contributed by atoms with Gasteiger partial charge in [0.15, 0.2) is 0 Å². The van der Waals surface area contributed by atoms with Gasteiger partial charge in [0.05, 0.1) is 6.04 Å². The number of halogens is 1. The molecule has 1 aromatic rings. The van der Waals surface area contributed by atoms with Crippen LogP contribution in [0.1, 0.15) is 31.2 Å². The van der Waals surface area contributed by atoms with Gasteiger partial charge in [-0.15, -0.1) is 0 Å². The molecule has 0 spiro atoms. The zero-order chi connectivity index (χ0) is 13.2. The molecule has 1 saturated carbocycles. The van der Waals surface area contributed by atoms with E-state index < -0.39 is 0 Å². The standard InChI is InChI=1S/C16H18BrNO/c17-14-7-3-1-5-12(14)9-10-18-15-8-4-2-6-13(15)11-16(18)19/h1,3,5,7,11,15H,2,4,6,8-10H2. The highest BCUT2D eigenvalue weighted by atomic mass is 79.9. The first-order chi connectivity index (χ1) is 9.25. The Kier molecular flexibility index (Phi) is 3.74. The molecular weight excluding hydrogens is 302 g/mol. The third-order valence-corrected chi connectivity index (χ3v) is 4.94. The summed E-state index contributed by atoms with van der Waals surface area (Å²) in [6.07, 6.45) is 7.55. The van der Waals surface area contributed by atoms with E-state index in [1.54, 1.807) is 0 Å². The topological polar surface area (TPSA) is 20.3 Å². The number of hydrogen-bond acceptors (Lipinski definition) is 1. The summed E-state index contributed by atoms with van der Waals surface area (Å²) in [6, 6.07) is 8.65. The number of rotatable bonds is 3. The average Bonchev–Trinajstić information content (AvgIpc) is 2.74. The Morgan fingerprint density at radius 2 is 2.11 bits per heavy atom. The predicted molar refractivity (Wildman–Crippen MR) is 79.9 cm³/mol. The molecule has 1 aliphatic carbocycles. The van der Waals surface area contributed by atoms with Crippen LogP contribution < -0.4 is 0 Å². The third-order valence-electron chi connectivity index (χ3n) is 4.17. The maximum absolute atomic E-state index is 12.1. The van der Waals surface area contributed by atoms with Crippen LogP contribution in [-0.4, -0.2) is 23.4 Å². The summed E-state index contributed by atoms with van der Waals surface area (Å²) in [5, 5.41) is 0. The summed E-state index contributed by atoms with van der Waals surface area (Å²) in [4.78, 5) is 14.1. The molecule has 1 aromatic carbocycles. The van der Waals surface area contributed by atoms with Crippen molar-refractivity contribution in [1.82, 2.24) is 4.90 Å². The minimum Gasteiger partial charge on any atom is -0.332 e. The number of hydrogen-bond donors (Lipinski definition) is 0. The van der Waals surface area contributed by atoms with Gasteiger partial charge in [0, 0.05) is 17.1 Å². The summed E-state index contributed by atoms with van der Waals surface area (Å²) in [5.41, 5.74) is 2.64. The van der Waals surface area contributed by atoms with Gasteiger partial charge in [-0.05, 0) is 42.9 Å². The van der Waals surface area contributed by atoms with Crippen molar-refractivity contribution in [1.29, 1.82) is 0 Å². The lowest BCUT2D eigenvalue weighted by Crippen LogP contribution is -2.37. The van der Waals surface area contributed by atoms with E-state index in [-0.39, 0.29) is 5.91 Å². The van der Waals surface area contributed by atoms with E-state index in [0.29, 0.717) is 6.04 Å². The van der Waals surface area contributed by atoms with Gasteiger partial charge in [0.1, 0.15) is 0 Å². The number of amides is 1. The van der Waals surface area contributed by atoms with Crippen LogP contribution in [0.15, 0.2) is 40.4 Å². The van der Waals surface area contributed by atoms with Crippen molar-refractivity contribution in [3.8, 4) is 0 Å². The molecule has 1 atom stereocenters. The molecule has 0 bridgehead atoms. The van der Waals surface area contributed by atoms with Gasteiger partial charge in [-0.25, -0.2) is 0 Å². The van der Waals surface area contributed by atoms with Gasteiger partial charge >= 0.3 is 0 Å². The Hall–Kier alpha value is -1.09. The molecule has 0 saturated heterocycles. The fourth-order valence-corrected chi connectivity index (χ4v) is 3.63. The Labute approximate surface area is 122 Å². The van der Waals surface area contributed by atoms with Crippen LogP contribution in [0.3, 0.4) is 0 Å². The molecule has 1 heterocycles. The van der Waals surface area contributed by atoms with Crippen molar-refractivity contribution in [2.24, 2.45) is 0 Å². The lowest BCUT2D eigenvalue weighted by atomic mass is 9.91. The van der Waals surface area contributed by atoms with Crippen LogP contribution in [0.2, 0.25) is 0 Å². The fourth-order valence-electron chi connectivity index (χ4n) is 3.15. The van der Waals surface area contributed by atoms with E-state index in [1.165, 1.54) is 24.0 Å². The molecule has 3 heteroatoms. The first kappa shape index (κ1) is 12.9. The van der Waals surface area contributed by atoms with Gasteiger partial charge in [-0.1, -0.05) is 40.5 Å². The predicted octanol–water partition coefficient (Wildman–Crippen LogP) is 3.70. The van der Waals surface area contributed by atoms with Crippen LogP contribution in [0.5, 0.6) is 0 Å². The quantitative estimate of drug-likeness (QED) is 0.831. The summed E-state index contributed by atoms with van der Waals surface area (Å²) in [5.74, 6) is 0.217. The third kappa shape index (κ3) is 2.62. The number of nitrogens with zero attached hydrogens (tertiary/aromatic N) is 1. The molecule has 0 N–H and O–H groups in total. The largest absolute Gasteiger partial charge is 0.332 e. The van der Waals surface area contributed by atoms with Gasteiger partial charge in [0.2, 0.25) is 5.91 Å². The van der Waals surface area contributed by atoms with Crippen LogP contribution >= 0.6 is 15.9 Å². The van der Waals surface area contributed by atoms with E-state index in [9.17, 15) is 4.79 Å². The zero-order valence-electron chi connectivity index (χ0n) is 10.9. The number of fused-ring (bicyclic) bond motifs is 1. The van der Waals surface area contributed by atoms with Crippen molar-refractivity contribution in [2.75, 3.05) is 6.54 Å². The van der Waals surface area contributed by atoms with E-state index >= 15 is 0 Å². The van der Waals surface area contributed by atoms with Crippen molar-refractivity contribution in [3.63, 3.8) is 0 Å². The molecule has 3 rings (SSSR count). The maximum Gasteiger partial charge on any atom is 0.247 e. The molecule has 1 unspecified atom stereocenters. The molecule has 0 aromatic heterocycles. The molecule has 2 nitrogen and oxygen atoms in total. The fraction of sp³-hybridized carbons (Fsp3) is 0.438. The van der Waals surface area contributed by atoms with Gasteiger partial charge < -0.3 is 4.90 Å². The highest BCUT2D eigenvalue weighted by Crippen LogP contribution is 2.32. The van der Waals surface area contributed by atoms with E-state index in [4.69, 9.17) is 0 Å². The molecule has 1 amide bonds. The SMILES string of the molecule is O=C1C=C2CCCCC2N1CCc1ccccc1Br. The van der Waals surface area contributed by atoms with Crippen molar-refractivity contribution < 1.29 is 4.79 Å². The second kappa shape index (κ2) is 5.49. The molecule has 1 aliphatic heterocycles. The second-order valence-corrected chi connectivity index (χ2v) is 6.21. The Balaban J connectivity index is 1.67. The lowest BCUT2D eigenvalue weighted by Gasteiger charge is -2.30. The number of benzene rings is 1. The summed E-state index contributed by atoms with van der Waals surface area (Å²) < 4.78 is 1.14. The maximum atomic E-state index is 12.1. The first-order valence-corrected chi connectivity index (χ1v) is 7.79. The van der Waals surface area contributed by atoms with E-state index in [0.717, 1.165) is 30.3 Å². The van der Waals surface area contributed by atoms with E-state index in [1.807, 2.05) is 12.1 Å². The monoisotopic (exact) mass is 319 g/mol. The zero-order valence-corrected chi connectivity index (χ0v) is 12.5. The van der Waals surface area contributed by atoms with Gasteiger partial charge in [-0.3, -0.25) is 4.79 Å². The molecule has 19 heavy (non-hydrogen) atoms. The average molecular weight is 320 g/mol. The summed E-state index contributed by atoms with van der Waals surface area (Å²) in [6.45, 7) is 0.826. The molecule has 1 fully saturated rings. The lowest BCUT2D eigenvalue weighted by molar-refractivity contribution is -0.126. The number of carbonyl (C=O) groups is 1. The molecular formula is C16H18BrNO. The normalized spacial score (nSPS) is 22.4. The van der Waals surface area contributed by atoms with Gasteiger partial charge in [0.25, 0.3) is 0 Å². The minimum atomic E-state index is 0.217.